The maximum Gasteiger partial charge on any atom is 0.190 e. The van der Waals surface area contributed by atoms with Crippen molar-refractivity contribution in [1.82, 2.24) is 10.6 Å². The molecule has 0 bridgehead atoms. The van der Waals surface area contributed by atoms with Crippen molar-refractivity contribution in [2.75, 3.05) is 40.0 Å². The maximum absolute atomic E-state index is 5.61. The summed E-state index contributed by atoms with van der Waals surface area (Å²) in [6.07, 6.45) is 8.82. The molecule has 0 aromatic rings. The lowest BCUT2D eigenvalue weighted by Crippen LogP contribution is -2.38. The fourth-order valence-electron chi connectivity index (χ4n) is 2.03. The molecular formula is C15H29N3O2. The molecule has 1 aliphatic heterocycles. The van der Waals surface area contributed by atoms with E-state index in [1.165, 1.54) is 6.42 Å². The van der Waals surface area contributed by atoms with E-state index in [2.05, 4.69) is 27.8 Å². The minimum atomic E-state index is 0.323. The topological polar surface area (TPSA) is 54.9 Å². The maximum atomic E-state index is 5.61. The predicted molar refractivity (Wildman–Crippen MR) is 83.2 cm³/mol. The molecule has 5 heteroatoms. The zero-order valence-electron chi connectivity index (χ0n) is 12.9. The largest absolute Gasteiger partial charge is 0.379 e. The van der Waals surface area contributed by atoms with E-state index in [-0.39, 0.29) is 0 Å². The molecule has 1 saturated heterocycles. The Balaban J connectivity index is 1.92. The van der Waals surface area contributed by atoms with Crippen molar-refractivity contribution in [1.29, 1.82) is 0 Å². The molecule has 1 unspecified atom stereocenters. The molecule has 0 aromatic carbocycles. The van der Waals surface area contributed by atoms with Gasteiger partial charge in [0.1, 0.15) is 0 Å². The summed E-state index contributed by atoms with van der Waals surface area (Å²) in [6, 6.07) is 0. The molecule has 20 heavy (non-hydrogen) atoms. The van der Waals surface area contributed by atoms with Gasteiger partial charge in [0.15, 0.2) is 5.96 Å². The van der Waals surface area contributed by atoms with Gasteiger partial charge in [-0.2, -0.15) is 0 Å². The second kappa shape index (κ2) is 11.7. The highest BCUT2D eigenvalue weighted by Crippen LogP contribution is 2.11. The van der Waals surface area contributed by atoms with Gasteiger partial charge in [-0.15, -0.1) is 0 Å². The number of hydrogen-bond acceptors (Lipinski definition) is 3. The van der Waals surface area contributed by atoms with Gasteiger partial charge in [0.25, 0.3) is 0 Å². The van der Waals surface area contributed by atoms with Gasteiger partial charge >= 0.3 is 0 Å². The van der Waals surface area contributed by atoms with Crippen LogP contribution < -0.4 is 10.6 Å². The van der Waals surface area contributed by atoms with E-state index in [1.54, 1.807) is 7.05 Å². The van der Waals surface area contributed by atoms with E-state index >= 15 is 0 Å². The fraction of sp³-hybridized carbons (Fsp3) is 0.800. The standard InChI is InChI=1S/C15H29N3O2/c1-3-4-5-9-17-15(16-2)18-10-7-11-19-13-14-8-6-12-20-14/h3-4,14H,5-13H2,1-2H3,(H2,16,17,18). The summed E-state index contributed by atoms with van der Waals surface area (Å²) in [4.78, 5) is 4.18. The van der Waals surface area contributed by atoms with Gasteiger partial charge < -0.3 is 20.1 Å². The second-order valence-corrected chi connectivity index (χ2v) is 4.85. The SMILES string of the molecule is CC=CCCNC(=NC)NCCCOCC1CCCO1. The molecule has 0 saturated carbocycles. The third-order valence-electron chi connectivity index (χ3n) is 3.15. The highest BCUT2D eigenvalue weighted by molar-refractivity contribution is 5.79. The van der Waals surface area contributed by atoms with E-state index in [0.29, 0.717) is 6.10 Å². The highest BCUT2D eigenvalue weighted by atomic mass is 16.5. The van der Waals surface area contributed by atoms with Crippen LogP contribution in [0.4, 0.5) is 0 Å². The van der Waals surface area contributed by atoms with E-state index in [4.69, 9.17) is 9.47 Å². The van der Waals surface area contributed by atoms with E-state index in [1.807, 2.05) is 6.92 Å². The first-order chi connectivity index (χ1) is 9.86. The van der Waals surface area contributed by atoms with Gasteiger partial charge in [-0.25, -0.2) is 0 Å². The minimum Gasteiger partial charge on any atom is -0.379 e. The summed E-state index contributed by atoms with van der Waals surface area (Å²) in [5.74, 6) is 0.855. The van der Waals surface area contributed by atoms with Crippen LogP contribution in [0.1, 0.15) is 32.6 Å². The van der Waals surface area contributed by atoms with Crippen molar-refractivity contribution in [3.8, 4) is 0 Å². The Labute approximate surface area is 122 Å². The first kappa shape index (κ1) is 17.0. The van der Waals surface area contributed by atoms with Crippen LogP contribution in [0.25, 0.3) is 0 Å². The quantitative estimate of drug-likeness (QED) is 0.293. The Morgan fingerprint density at radius 1 is 1.40 bits per heavy atom. The zero-order valence-corrected chi connectivity index (χ0v) is 12.9. The molecular weight excluding hydrogens is 254 g/mol. The molecule has 5 nitrogen and oxygen atoms in total. The normalized spacial score (nSPS) is 19.7. The van der Waals surface area contributed by atoms with Gasteiger partial charge in [0.05, 0.1) is 12.7 Å². The first-order valence-corrected chi connectivity index (χ1v) is 7.62. The predicted octanol–water partition coefficient (Wildman–Crippen LogP) is 1.70. The molecule has 1 atom stereocenters. The Morgan fingerprint density at radius 2 is 2.25 bits per heavy atom. The van der Waals surface area contributed by atoms with Crippen LogP contribution in [0.15, 0.2) is 17.1 Å². The molecule has 1 fully saturated rings. The van der Waals surface area contributed by atoms with Crippen LogP contribution in [0.2, 0.25) is 0 Å². The number of nitrogens with zero attached hydrogens (tertiary/aromatic N) is 1. The van der Waals surface area contributed by atoms with E-state index in [0.717, 1.165) is 58.1 Å². The molecule has 0 amide bonds. The molecule has 0 aliphatic carbocycles. The number of allylic oxidation sites excluding steroid dienone is 1. The van der Waals surface area contributed by atoms with Crippen molar-refractivity contribution in [2.45, 2.75) is 38.7 Å². The van der Waals surface area contributed by atoms with Crippen LogP contribution in [-0.4, -0.2) is 52.0 Å². The summed E-state index contributed by atoms with van der Waals surface area (Å²) in [6.45, 7) is 6.20. The molecule has 116 valence electrons. The number of nitrogens with one attached hydrogen (secondary N) is 2. The van der Waals surface area contributed by atoms with Gasteiger partial charge in [-0.05, 0) is 32.6 Å². The van der Waals surface area contributed by atoms with Crippen LogP contribution in [0.3, 0.4) is 0 Å². The Bertz CT molecular complexity index is 287. The van der Waals surface area contributed by atoms with Crippen molar-refractivity contribution in [2.24, 2.45) is 4.99 Å². The van der Waals surface area contributed by atoms with Crippen molar-refractivity contribution in [3.05, 3.63) is 12.2 Å². The Hall–Kier alpha value is -1.07. The summed E-state index contributed by atoms with van der Waals surface area (Å²) in [5, 5.41) is 6.55. The number of aliphatic imine (C=N–C) groups is 1. The van der Waals surface area contributed by atoms with Crippen LogP contribution in [0, 0.1) is 0 Å². The highest BCUT2D eigenvalue weighted by Gasteiger charge is 2.14. The molecule has 0 spiro atoms. The Morgan fingerprint density at radius 3 is 2.95 bits per heavy atom. The lowest BCUT2D eigenvalue weighted by Gasteiger charge is -2.12. The lowest BCUT2D eigenvalue weighted by atomic mass is 10.2. The third-order valence-corrected chi connectivity index (χ3v) is 3.15. The monoisotopic (exact) mass is 283 g/mol. The third kappa shape index (κ3) is 8.17. The summed E-state index contributed by atoms with van der Waals surface area (Å²) >= 11 is 0. The van der Waals surface area contributed by atoms with Gasteiger partial charge in [0.2, 0.25) is 0 Å². The zero-order chi connectivity index (χ0) is 14.5. The van der Waals surface area contributed by atoms with Crippen molar-refractivity contribution < 1.29 is 9.47 Å². The summed E-state index contributed by atoms with van der Waals surface area (Å²) in [5.41, 5.74) is 0. The van der Waals surface area contributed by atoms with Crippen LogP contribution in [-0.2, 0) is 9.47 Å². The Kier molecular flexibility index (Phi) is 9.96. The fourth-order valence-corrected chi connectivity index (χ4v) is 2.03. The summed E-state index contributed by atoms with van der Waals surface area (Å²) in [7, 11) is 1.79. The van der Waals surface area contributed by atoms with Crippen LogP contribution in [0.5, 0.6) is 0 Å². The average Bonchev–Trinajstić information content (AvgIpc) is 2.98. The number of ether oxygens (including phenoxy) is 2. The second-order valence-electron chi connectivity index (χ2n) is 4.85. The van der Waals surface area contributed by atoms with Crippen molar-refractivity contribution >= 4 is 5.96 Å². The van der Waals surface area contributed by atoms with Gasteiger partial charge in [0, 0.05) is 33.4 Å². The molecule has 1 rings (SSSR count). The van der Waals surface area contributed by atoms with Gasteiger partial charge in [-0.1, -0.05) is 12.2 Å². The van der Waals surface area contributed by atoms with E-state index < -0.39 is 0 Å². The lowest BCUT2D eigenvalue weighted by molar-refractivity contribution is 0.0168. The molecule has 1 heterocycles. The van der Waals surface area contributed by atoms with Crippen molar-refractivity contribution in [3.63, 3.8) is 0 Å². The molecule has 0 aromatic heterocycles. The smallest absolute Gasteiger partial charge is 0.190 e. The van der Waals surface area contributed by atoms with Gasteiger partial charge in [-0.3, -0.25) is 4.99 Å². The number of hydrogen-bond donors (Lipinski definition) is 2. The first-order valence-electron chi connectivity index (χ1n) is 7.62. The molecule has 0 radical (unpaired) electrons. The number of guanidine groups is 1. The number of rotatable bonds is 9. The molecule has 1 aliphatic rings. The molecule has 2 N–H and O–H groups in total. The summed E-state index contributed by atoms with van der Waals surface area (Å²) < 4.78 is 11.1. The minimum absolute atomic E-state index is 0.323. The average molecular weight is 283 g/mol. The van der Waals surface area contributed by atoms with Crippen LogP contribution >= 0.6 is 0 Å². The van der Waals surface area contributed by atoms with E-state index in [9.17, 15) is 0 Å².